The van der Waals surface area contributed by atoms with E-state index >= 15 is 0 Å². The van der Waals surface area contributed by atoms with Crippen molar-refractivity contribution in [3.05, 3.63) is 23.8 Å². The summed E-state index contributed by atoms with van der Waals surface area (Å²) in [5, 5.41) is 8.97. The van der Waals surface area contributed by atoms with Gasteiger partial charge in [0.05, 0.1) is 0 Å². The summed E-state index contributed by atoms with van der Waals surface area (Å²) in [5.74, 6) is 1.04. The summed E-state index contributed by atoms with van der Waals surface area (Å²) in [6, 6.07) is 0. The van der Waals surface area contributed by atoms with Crippen LogP contribution in [-0.2, 0) is 36.0 Å². The molecule has 0 spiro atoms. The quantitative estimate of drug-likeness (QED) is 0.0742. The van der Waals surface area contributed by atoms with Crippen molar-refractivity contribution < 1.29 is 36.0 Å². The summed E-state index contributed by atoms with van der Waals surface area (Å²) >= 11 is 0. The van der Waals surface area contributed by atoms with Crippen LogP contribution in [0.15, 0.2) is 34.1 Å². The average Bonchev–Trinajstić information content (AvgIpc) is 3.19. The second kappa shape index (κ2) is 14.5. The Morgan fingerprint density at radius 1 is 0.880 bits per heavy atom. The second-order valence-electron chi connectivity index (χ2n) is 19.1. The molecular formula is C35H67N2O8PSi4. The summed E-state index contributed by atoms with van der Waals surface area (Å²) < 4.78 is 47.9. The molecule has 4 rings (SSSR count). The molecule has 0 amide bonds. The second-order valence-corrected chi connectivity index (χ2v) is 39.1. The highest BCUT2D eigenvalue weighted by molar-refractivity contribution is 7.52. The molecule has 0 N–H and O–H groups in total. The van der Waals surface area contributed by atoms with Crippen molar-refractivity contribution in [2.24, 2.45) is 38.9 Å². The minimum absolute atomic E-state index is 0.00356. The predicted octanol–water partition coefficient (Wildman–Crippen LogP) is 9.98. The Hall–Kier alpha value is -0.682. The Kier molecular flexibility index (Phi) is 12.2. The summed E-state index contributed by atoms with van der Waals surface area (Å²) in [4.78, 5) is 10.8. The molecule has 50 heavy (non-hydrogen) atoms. The van der Waals surface area contributed by atoms with Crippen LogP contribution >= 0.6 is 7.82 Å². The van der Waals surface area contributed by atoms with Crippen molar-refractivity contribution in [2.75, 3.05) is 20.8 Å². The number of oxime groups is 2. The Bertz CT molecular complexity index is 1410. The van der Waals surface area contributed by atoms with Crippen molar-refractivity contribution in [3.63, 3.8) is 0 Å². The standard InChI is InChI=1S/C35H67N2O8PSi4/c1-33-21-19-27(36-39-3)23-26(33)17-18-28-29-20-22-35(43-48(8,9)10,34(29,2)24-30(32(28)33)42-47(5,6)7)31(37-40-4)25-41-46(38,44-49(11,12)13)45-50(14,15)16/h19,21,23,28-30,32H,17-18,20,22,24-25H2,1-16H3/b36-27+,37-31+/t28-,29-,30?,32+,33-,34-,35+/m0/s1. The van der Waals surface area contributed by atoms with Gasteiger partial charge in [-0.05, 0) is 141 Å². The number of fused-ring (bicyclic) bond motifs is 5. The van der Waals surface area contributed by atoms with Crippen molar-refractivity contribution in [2.45, 2.75) is 136 Å². The first-order valence-electron chi connectivity index (χ1n) is 18.4. The van der Waals surface area contributed by atoms with E-state index in [0.717, 1.165) is 37.8 Å². The summed E-state index contributed by atoms with van der Waals surface area (Å²) in [6.07, 6.45) is 11.3. The number of nitrogens with zero attached hydrogens (tertiary/aromatic N) is 2. The molecule has 0 aromatic heterocycles. The van der Waals surface area contributed by atoms with E-state index in [1.807, 2.05) is 39.3 Å². The van der Waals surface area contributed by atoms with E-state index in [2.05, 4.69) is 76.5 Å². The summed E-state index contributed by atoms with van der Waals surface area (Å²) in [5.41, 5.74) is 1.55. The van der Waals surface area contributed by atoms with Crippen LogP contribution in [0.25, 0.3) is 0 Å². The number of hydrogen-bond donors (Lipinski definition) is 0. The fourth-order valence-electron chi connectivity index (χ4n) is 9.45. The molecule has 0 aromatic rings. The molecule has 15 heteroatoms. The van der Waals surface area contributed by atoms with Gasteiger partial charge in [0.2, 0.25) is 0 Å². The molecule has 0 aliphatic heterocycles. The van der Waals surface area contributed by atoms with Gasteiger partial charge in [-0.3, -0.25) is 4.52 Å². The highest BCUT2D eigenvalue weighted by atomic mass is 31.2. The molecular weight excluding hydrogens is 720 g/mol. The fourth-order valence-corrected chi connectivity index (χ4v) is 18.6. The van der Waals surface area contributed by atoms with E-state index in [-0.39, 0.29) is 23.5 Å². The molecule has 4 aliphatic carbocycles. The minimum Gasteiger partial charge on any atom is -0.414 e. The van der Waals surface area contributed by atoms with Crippen molar-refractivity contribution in [1.82, 2.24) is 0 Å². The van der Waals surface area contributed by atoms with Gasteiger partial charge >= 0.3 is 7.82 Å². The lowest BCUT2D eigenvalue weighted by Crippen LogP contribution is -2.65. The van der Waals surface area contributed by atoms with Crippen LogP contribution in [0.5, 0.6) is 0 Å². The SMILES string of the molecule is CO/N=C1\C=C[C@@]2(C)C(=C1)CC[C@@H]1[C@@H]2C(O[Si](C)(C)C)C[C@@]2(C)[C@H]1CC[C@@]2(O[Si](C)(C)C)/C(COP(=O)(O[Si](C)(C)C)O[Si](C)(C)C)=N/OC. The Balaban J connectivity index is 1.84. The van der Waals surface area contributed by atoms with Gasteiger partial charge in [-0.25, -0.2) is 4.57 Å². The molecule has 286 valence electrons. The van der Waals surface area contributed by atoms with Gasteiger partial charge in [-0.1, -0.05) is 35.8 Å². The molecule has 0 radical (unpaired) electrons. The Morgan fingerprint density at radius 3 is 2.02 bits per heavy atom. The molecule has 3 fully saturated rings. The van der Waals surface area contributed by atoms with Gasteiger partial charge < -0.3 is 27.0 Å². The van der Waals surface area contributed by atoms with Gasteiger partial charge in [0.1, 0.15) is 37.9 Å². The lowest BCUT2D eigenvalue weighted by Gasteiger charge is -2.62. The third-order valence-corrected chi connectivity index (χ3v) is 19.2. The lowest BCUT2D eigenvalue weighted by molar-refractivity contribution is -0.133. The maximum Gasteiger partial charge on any atom is 0.455 e. The van der Waals surface area contributed by atoms with E-state index < -0.39 is 46.7 Å². The first-order valence-corrected chi connectivity index (χ1v) is 33.5. The molecule has 7 atom stereocenters. The highest BCUT2D eigenvalue weighted by Crippen LogP contribution is 2.69. The van der Waals surface area contributed by atoms with Gasteiger partial charge in [-0.15, -0.1) is 0 Å². The molecule has 10 nitrogen and oxygen atoms in total. The molecule has 4 aliphatic rings. The average molecular weight is 787 g/mol. The van der Waals surface area contributed by atoms with Gasteiger partial charge in [0.15, 0.2) is 33.3 Å². The van der Waals surface area contributed by atoms with Crippen molar-refractivity contribution in [3.8, 4) is 0 Å². The van der Waals surface area contributed by atoms with Crippen LogP contribution in [0, 0.1) is 28.6 Å². The topological polar surface area (TPSA) is 106 Å². The smallest absolute Gasteiger partial charge is 0.414 e. The molecule has 0 heterocycles. The Morgan fingerprint density at radius 2 is 1.50 bits per heavy atom. The zero-order valence-corrected chi connectivity index (χ0v) is 38.8. The summed E-state index contributed by atoms with van der Waals surface area (Å²) in [7, 11) is -9.62. The largest absolute Gasteiger partial charge is 0.455 e. The van der Waals surface area contributed by atoms with Gasteiger partial charge in [-0.2, -0.15) is 0 Å². The van der Waals surface area contributed by atoms with E-state index in [0.29, 0.717) is 23.5 Å². The number of hydrogen-bond acceptors (Lipinski definition) is 10. The van der Waals surface area contributed by atoms with Crippen LogP contribution < -0.4 is 0 Å². The zero-order valence-electron chi connectivity index (χ0n) is 33.9. The lowest BCUT2D eigenvalue weighted by atomic mass is 9.46. The van der Waals surface area contributed by atoms with Gasteiger partial charge in [0.25, 0.3) is 0 Å². The maximum atomic E-state index is 14.4. The predicted molar refractivity (Wildman–Crippen MR) is 214 cm³/mol. The molecule has 1 unspecified atom stereocenters. The first-order chi connectivity index (χ1) is 22.7. The monoisotopic (exact) mass is 786 g/mol. The molecule has 0 aromatic carbocycles. The minimum atomic E-state index is -3.93. The fraction of sp³-hybridized carbons (Fsp3) is 0.829. The first kappa shape index (κ1) is 42.1. The van der Waals surface area contributed by atoms with E-state index in [1.165, 1.54) is 5.57 Å². The third kappa shape index (κ3) is 9.15. The summed E-state index contributed by atoms with van der Waals surface area (Å²) in [6.45, 7) is 30.3. The number of phosphoric acid groups is 1. The third-order valence-electron chi connectivity index (χ3n) is 10.6. The normalized spacial score (nSPS) is 34.6. The van der Waals surface area contributed by atoms with Crippen molar-refractivity contribution >= 4 is 52.5 Å². The van der Waals surface area contributed by atoms with Crippen LogP contribution in [0.2, 0.25) is 78.6 Å². The van der Waals surface area contributed by atoms with E-state index in [9.17, 15) is 4.57 Å². The zero-order chi connectivity index (χ0) is 37.8. The van der Waals surface area contributed by atoms with Crippen LogP contribution in [-0.4, -0.2) is 77.2 Å². The number of rotatable bonds is 14. The van der Waals surface area contributed by atoms with E-state index in [4.69, 9.17) is 36.6 Å². The highest BCUT2D eigenvalue weighted by Gasteiger charge is 2.69. The van der Waals surface area contributed by atoms with Crippen LogP contribution in [0.3, 0.4) is 0 Å². The molecule has 3 saturated carbocycles. The van der Waals surface area contributed by atoms with Crippen LogP contribution in [0.1, 0.15) is 46.0 Å². The van der Waals surface area contributed by atoms with Crippen LogP contribution in [0.4, 0.5) is 0 Å². The maximum absolute atomic E-state index is 14.4. The molecule has 0 bridgehead atoms. The molecule has 0 saturated heterocycles. The van der Waals surface area contributed by atoms with E-state index in [1.54, 1.807) is 14.2 Å². The Labute approximate surface area is 307 Å². The van der Waals surface area contributed by atoms with Gasteiger partial charge in [0, 0.05) is 16.9 Å². The van der Waals surface area contributed by atoms with Crippen molar-refractivity contribution in [1.29, 1.82) is 0 Å². The number of allylic oxidation sites excluding steroid dienone is 4.